The molecule has 2 aliphatic rings. The number of para-hydroxylation sites is 2. The molecule has 2 aliphatic heterocycles. The first kappa shape index (κ1) is 40.0. The highest BCUT2D eigenvalue weighted by atomic mass is 35.5. The lowest BCUT2D eigenvalue weighted by Crippen LogP contribution is -2.49. The van der Waals surface area contributed by atoms with Crippen LogP contribution in [0.3, 0.4) is 0 Å². The molecule has 296 valence electrons. The van der Waals surface area contributed by atoms with Gasteiger partial charge in [-0.05, 0) is 48.5 Å². The molecule has 19 heteroatoms. The molecule has 4 aromatic carbocycles. The lowest BCUT2D eigenvalue weighted by Gasteiger charge is -2.36. The normalized spacial score (nSPS) is 14.1. The first-order valence-electron chi connectivity index (χ1n) is 17.8. The van der Waals surface area contributed by atoms with Crippen LogP contribution in [0.5, 0.6) is 0 Å². The number of rotatable bonds is 7. The van der Waals surface area contributed by atoms with Crippen LogP contribution in [-0.2, 0) is 16.1 Å². The summed E-state index contributed by atoms with van der Waals surface area (Å²) < 4.78 is 27.2. The second kappa shape index (κ2) is 18.3. The average molecular weight is 803 g/mol. The number of carbonyl (C=O) groups excluding carboxylic acids is 2. The summed E-state index contributed by atoms with van der Waals surface area (Å²) in [6.45, 7) is 5.13. The molecule has 57 heavy (non-hydrogen) atoms. The number of carbonyl (C=O) groups is 2. The van der Waals surface area contributed by atoms with Crippen molar-refractivity contribution in [1.29, 1.82) is 0 Å². The van der Waals surface area contributed by atoms with Gasteiger partial charge in [-0.1, -0.05) is 24.3 Å². The molecule has 0 aliphatic carbocycles. The number of nitrogens with zero attached hydrogens (tertiary/aromatic N) is 9. The maximum Gasteiger partial charge on any atom is 0.295 e. The highest BCUT2D eigenvalue weighted by Crippen LogP contribution is 2.26. The van der Waals surface area contributed by atoms with Crippen molar-refractivity contribution in [1.82, 2.24) is 29.8 Å². The standard InChI is InChI=1S/C19H18FN5O3.C12H14ClFN2O.C7H5N3O2/c20-15-4-6-16(7-5-15)22-8-10-23(11-9-22)18(26)13-24-19-14(12-21-24)2-1-3-17(19)25(27)28;13-9-12(17)16-7-5-15(6-8-16)11-3-1-10(14)2-4-11;11-10(12)6-3-1-2-5-4-8-9-7(5)6/h1-7,12H,8-11,13H2;1-4H,5-9H2;1-4H,(H,8,9). The van der Waals surface area contributed by atoms with E-state index in [4.69, 9.17) is 11.6 Å². The number of nitrogens with one attached hydrogen (secondary N) is 1. The number of benzene rings is 4. The summed E-state index contributed by atoms with van der Waals surface area (Å²) in [6, 6.07) is 22.3. The number of hydrogen-bond acceptors (Lipinski definition) is 10. The van der Waals surface area contributed by atoms with E-state index in [1.807, 2.05) is 0 Å². The highest BCUT2D eigenvalue weighted by molar-refractivity contribution is 6.27. The quantitative estimate of drug-likeness (QED) is 0.121. The number of non-ortho nitro benzene ring substituents is 2. The van der Waals surface area contributed by atoms with Crippen molar-refractivity contribution < 1.29 is 28.2 Å². The summed E-state index contributed by atoms with van der Waals surface area (Å²) >= 11 is 5.51. The molecule has 6 aromatic rings. The molecule has 16 nitrogen and oxygen atoms in total. The van der Waals surface area contributed by atoms with Crippen LogP contribution in [0.4, 0.5) is 31.5 Å². The van der Waals surface area contributed by atoms with Crippen molar-refractivity contribution in [2.24, 2.45) is 0 Å². The van der Waals surface area contributed by atoms with E-state index in [1.54, 1.807) is 64.5 Å². The molecule has 1 N–H and O–H groups in total. The second-order valence-corrected chi connectivity index (χ2v) is 13.2. The van der Waals surface area contributed by atoms with Crippen LogP contribution >= 0.6 is 11.6 Å². The maximum atomic E-state index is 13.1. The monoisotopic (exact) mass is 802 g/mol. The number of fused-ring (bicyclic) bond motifs is 2. The average Bonchev–Trinajstić information content (AvgIpc) is 3.89. The maximum absolute atomic E-state index is 13.1. The lowest BCUT2D eigenvalue weighted by molar-refractivity contribution is -0.383. The van der Waals surface area contributed by atoms with Gasteiger partial charge in [0.25, 0.3) is 11.4 Å². The van der Waals surface area contributed by atoms with Crippen molar-refractivity contribution in [3.63, 3.8) is 0 Å². The lowest BCUT2D eigenvalue weighted by atomic mass is 10.2. The summed E-state index contributed by atoms with van der Waals surface area (Å²) in [5.74, 6) is -0.633. The van der Waals surface area contributed by atoms with E-state index in [-0.39, 0.29) is 47.2 Å². The predicted molar refractivity (Wildman–Crippen MR) is 210 cm³/mol. The van der Waals surface area contributed by atoms with Gasteiger partial charge in [-0.2, -0.15) is 10.2 Å². The first-order chi connectivity index (χ1) is 27.5. The number of halogens is 3. The molecule has 0 bridgehead atoms. The van der Waals surface area contributed by atoms with Crippen LogP contribution < -0.4 is 9.80 Å². The molecule has 2 saturated heterocycles. The van der Waals surface area contributed by atoms with Crippen molar-refractivity contribution in [3.8, 4) is 0 Å². The van der Waals surface area contributed by atoms with Crippen LogP contribution in [0.1, 0.15) is 0 Å². The summed E-state index contributed by atoms with van der Waals surface area (Å²) in [5, 5.41) is 33.6. The third-order valence-corrected chi connectivity index (χ3v) is 9.76. The molecule has 0 radical (unpaired) electrons. The number of anilines is 2. The summed E-state index contributed by atoms with van der Waals surface area (Å²) in [4.78, 5) is 52.7. The molecule has 2 fully saturated rings. The Morgan fingerprint density at radius 1 is 0.667 bits per heavy atom. The van der Waals surface area contributed by atoms with Crippen molar-refractivity contribution in [3.05, 3.63) is 129 Å². The zero-order valence-corrected chi connectivity index (χ0v) is 31.2. The summed E-state index contributed by atoms with van der Waals surface area (Å²) in [5.41, 5.74) is 2.73. The van der Waals surface area contributed by atoms with Gasteiger partial charge in [0.15, 0.2) is 0 Å². The zero-order valence-electron chi connectivity index (χ0n) is 30.4. The number of alkyl halides is 1. The SMILES string of the molecule is O=C(CCl)N1CCN(c2ccc(F)cc2)CC1.O=C(Cn1ncc2cccc([N+](=O)[O-])c21)N1CCN(c2ccc(F)cc2)CC1.O=[N+]([O-])c1cccc2cn[nH]c12. The Kier molecular flexibility index (Phi) is 12.8. The van der Waals surface area contributed by atoms with Crippen LogP contribution in [0.25, 0.3) is 21.8 Å². The van der Waals surface area contributed by atoms with E-state index in [9.17, 15) is 38.6 Å². The number of nitro benzene ring substituents is 2. The third-order valence-electron chi connectivity index (χ3n) is 9.54. The van der Waals surface area contributed by atoms with Gasteiger partial charge in [-0.25, -0.2) is 13.5 Å². The first-order valence-corrected chi connectivity index (χ1v) is 18.3. The minimum atomic E-state index is -0.466. The Morgan fingerprint density at radius 3 is 1.67 bits per heavy atom. The van der Waals surface area contributed by atoms with E-state index >= 15 is 0 Å². The van der Waals surface area contributed by atoms with Gasteiger partial charge < -0.3 is 19.6 Å². The minimum absolute atomic E-state index is 0.0228. The molecular weight excluding hydrogens is 766 g/mol. The molecule has 0 atom stereocenters. The van der Waals surface area contributed by atoms with Gasteiger partial charge >= 0.3 is 0 Å². The Labute approximate surface area is 329 Å². The Morgan fingerprint density at radius 2 is 1.16 bits per heavy atom. The van der Waals surface area contributed by atoms with Crippen LogP contribution in [0.15, 0.2) is 97.3 Å². The van der Waals surface area contributed by atoms with Crippen molar-refractivity contribution in [2.75, 3.05) is 68.0 Å². The molecule has 2 amide bonds. The topological polar surface area (TPSA) is 180 Å². The predicted octanol–water partition coefficient (Wildman–Crippen LogP) is 5.62. The largest absolute Gasteiger partial charge is 0.368 e. The highest BCUT2D eigenvalue weighted by Gasteiger charge is 2.24. The van der Waals surface area contributed by atoms with Crippen molar-refractivity contribution in [2.45, 2.75) is 6.54 Å². The molecule has 0 saturated carbocycles. The Hall–Kier alpha value is -6.69. The van der Waals surface area contributed by atoms with E-state index < -0.39 is 9.85 Å². The third kappa shape index (κ3) is 9.77. The van der Waals surface area contributed by atoms with E-state index in [1.165, 1.54) is 47.3 Å². The summed E-state index contributed by atoms with van der Waals surface area (Å²) in [6.07, 6.45) is 3.09. The second-order valence-electron chi connectivity index (χ2n) is 13.0. The number of hydrogen-bond donors (Lipinski definition) is 1. The van der Waals surface area contributed by atoms with Gasteiger partial charge in [0.1, 0.15) is 35.1 Å². The summed E-state index contributed by atoms with van der Waals surface area (Å²) in [7, 11) is 0. The van der Waals surface area contributed by atoms with Gasteiger partial charge in [-0.15, -0.1) is 11.6 Å². The van der Waals surface area contributed by atoms with Crippen LogP contribution in [0, 0.1) is 31.9 Å². The van der Waals surface area contributed by atoms with E-state index in [0.717, 1.165) is 29.9 Å². The fourth-order valence-electron chi connectivity index (χ4n) is 6.54. The van der Waals surface area contributed by atoms with Gasteiger partial charge in [-0.3, -0.25) is 34.9 Å². The number of aromatic nitrogens is 4. The number of nitro groups is 2. The number of aromatic amines is 1. The van der Waals surface area contributed by atoms with Crippen LogP contribution in [0.2, 0.25) is 0 Å². The fourth-order valence-corrected chi connectivity index (χ4v) is 6.71. The Bertz CT molecular complexity index is 2340. The molecule has 2 aromatic heterocycles. The number of amides is 2. The van der Waals surface area contributed by atoms with E-state index in [2.05, 4.69) is 25.1 Å². The molecule has 0 spiro atoms. The van der Waals surface area contributed by atoms with Crippen molar-refractivity contribution >= 4 is 68.0 Å². The van der Waals surface area contributed by atoms with Gasteiger partial charge in [0.2, 0.25) is 11.8 Å². The smallest absolute Gasteiger partial charge is 0.295 e. The molecule has 8 rings (SSSR count). The zero-order chi connectivity index (χ0) is 40.5. The molecule has 4 heterocycles. The van der Waals surface area contributed by atoms with Gasteiger partial charge in [0, 0.05) is 86.6 Å². The number of piperazine rings is 2. The fraction of sp³-hybridized carbons (Fsp3) is 0.263. The van der Waals surface area contributed by atoms with E-state index in [0.29, 0.717) is 55.7 Å². The van der Waals surface area contributed by atoms with Gasteiger partial charge in [0.05, 0.1) is 22.2 Å². The number of H-pyrrole nitrogens is 1. The molecular formula is C38H37ClF2N10O6. The Balaban J connectivity index is 0.000000160. The minimum Gasteiger partial charge on any atom is -0.368 e. The molecule has 0 unspecified atom stereocenters. The van der Waals surface area contributed by atoms with Crippen LogP contribution in [-0.4, -0.2) is 110 Å².